The van der Waals surface area contributed by atoms with E-state index in [0.717, 1.165) is 17.5 Å². The first-order valence-electron chi connectivity index (χ1n) is 7.43. The maximum Gasteiger partial charge on any atom is 0.328 e. The lowest BCUT2D eigenvalue weighted by atomic mass is 9.98. The summed E-state index contributed by atoms with van der Waals surface area (Å²) >= 11 is 1.70. The third-order valence-corrected chi connectivity index (χ3v) is 4.84. The zero-order valence-electron chi connectivity index (χ0n) is 12.0. The topological polar surface area (TPSA) is 40.5 Å². The summed E-state index contributed by atoms with van der Waals surface area (Å²) in [6.07, 6.45) is 9.41. The van der Waals surface area contributed by atoms with Crippen LogP contribution in [0.3, 0.4) is 0 Å². The van der Waals surface area contributed by atoms with Crippen LogP contribution in [0.4, 0.5) is 0 Å². The van der Waals surface area contributed by atoms with Crippen molar-refractivity contribution >= 4 is 23.4 Å². The molecule has 0 saturated carbocycles. The van der Waals surface area contributed by atoms with E-state index in [2.05, 4.69) is 17.9 Å². The van der Waals surface area contributed by atoms with Crippen molar-refractivity contribution in [2.24, 2.45) is 0 Å². The van der Waals surface area contributed by atoms with Crippen molar-refractivity contribution in [3.05, 3.63) is 28.0 Å². The lowest BCUT2D eigenvalue weighted by Crippen LogP contribution is -2.38. The van der Waals surface area contributed by atoms with Crippen molar-refractivity contribution in [2.75, 3.05) is 6.54 Å². The maximum absolute atomic E-state index is 10.5. The van der Waals surface area contributed by atoms with Crippen molar-refractivity contribution in [2.45, 2.75) is 51.6 Å². The standard InChI is InChI=1S/C16H23NO2S/c1-2-5-13-6-3-4-11-17(13)12-15-8-7-14(20-15)9-10-16(18)19/h7-10,13H,2-6,11-12H2,1H3,(H,18,19)/b10-9+. The highest BCUT2D eigenvalue weighted by Crippen LogP contribution is 2.26. The fourth-order valence-electron chi connectivity index (χ4n) is 2.85. The molecule has 3 nitrogen and oxygen atoms in total. The lowest BCUT2D eigenvalue weighted by Gasteiger charge is -2.35. The van der Waals surface area contributed by atoms with Gasteiger partial charge >= 0.3 is 5.97 Å². The SMILES string of the molecule is CCCC1CCCCN1Cc1ccc(/C=C/C(=O)O)s1. The Morgan fingerprint density at radius 2 is 2.35 bits per heavy atom. The molecule has 1 fully saturated rings. The zero-order valence-corrected chi connectivity index (χ0v) is 12.9. The smallest absolute Gasteiger partial charge is 0.328 e. The highest BCUT2D eigenvalue weighted by Gasteiger charge is 2.21. The van der Waals surface area contributed by atoms with Gasteiger partial charge in [0.05, 0.1) is 0 Å². The lowest BCUT2D eigenvalue weighted by molar-refractivity contribution is -0.131. The number of hydrogen-bond donors (Lipinski definition) is 1. The van der Waals surface area contributed by atoms with Gasteiger partial charge in [0.15, 0.2) is 0 Å². The van der Waals surface area contributed by atoms with E-state index in [0.29, 0.717) is 0 Å². The highest BCUT2D eigenvalue weighted by molar-refractivity contribution is 7.12. The molecule has 0 bridgehead atoms. The molecule has 20 heavy (non-hydrogen) atoms. The molecule has 0 amide bonds. The normalized spacial score (nSPS) is 20.6. The van der Waals surface area contributed by atoms with Crippen molar-refractivity contribution in [3.8, 4) is 0 Å². The van der Waals surface area contributed by atoms with Gasteiger partial charge < -0.3 is 5.11 Å². The third-order valence-electron chi connectivity index (χ3n) is 3.80. The van der Waals surface area contributed by atoms with Gasteiger partial charge in [-0.15, -0.1) is 11.3 Å². The zero-order chi connectivity index (χ0) is 14.4. The summed E-state index contributed by atoms with van der Waals surface area (Å²) in [6.45, 7) is 4.46. The molecule has 0 aliphatic carbocycles. The molecule has 4 heteroatoms. The van der Waals surface area contributed by atoms with Crippen LogP contribution in [-0.2, 0) is 11.3 Å². The van der Waals surface area contributed by atoms with E-state index in [1.54, 1.807) is 17.4 Å². The molecular formula is C16H23NO2S. The second kappa shape index (κ2) is 7.60. The van der Waals surface area contributed by atoms with Gasteiger partial charge in [-0.05, 0) is 44.0 Å². The first-order chi connectivity index (χ1) is 9.69. The van der Waals surface area contributed by atoms with Gasteiger partial charge in [0.25, 0.3) is 0 Å². The molecular weight excluding hydrogens is 270 g/mol. The summed E-state index contributed by atoms with van der Waals surface area (Å²) in [4.78, 5) is 15.5. The fourth-order valence-corrected chi connectivity index (χ4v) is 3.79. The van der Waals surface area contributed by atoms with Gasteiger partial charge in [-0.3, -0.25) is 4.90 Å². The predicted molar refractivity (Wildman–Crippen MR) is 83.9 cm³/mol. The Bertz CT molecular complexity index is 465. The molecule has 1 N–H and O–H groups in total. The van der Waals surface area contributed by atoms with E-state index in [9.17, 15) is 4.79 Å². The Morgan fingerprint density at radius 3 is 3.10 bits per heavy atom. The van der Waals surface area contributed by atoms with Gasteiger partial charge in [-0.25, -0.2) is 4.79 Å². The summed E-state index contributed by atoms with van der Waals surface area (Å²) in [6, 6.07) is 4.87. The van der Waals surface area contributed by atoms with Crippen LogP contribution in [0, 0.1) is 0 Å². The molecule has 1 unspecified atom stereocenters. The fraction of sp³-hybridized carbons (Fsp3) is 0.562. The number of thiophene rings is 1. The van der Waals surface area contributed by atoms with Gasteiger partial charge in [0.2, 0.25) is 0 Å². The molecule has 1 saturated heterocycles. The van der Waals surface area contributed by atoms with E-state index in [-0.39, 0.29) is 0 Å². The highest BCUT2D eigenvalue weighted by atomic mass is 32.1. The first kappa shape index (κ1) is 15.3. The van der Waals surface area contributed by atoms with Crippen LogP contribution in [0.1, 0.15) is 48.8 Å². The number of aliphatic carboxylic acids is 1. The molecule has 1 aliphatic heterocycles. The molecule has 2 rings (SSSR count). The molecule has 0 radical (unpaired) electrons. The number of hydrogen-bond acceptors (Lipinski definition) is 3. The molecule has 1 aromatic rings. The molecule has 110 valence electrons. The van der Waals surface area contributed by atoms with E-state index in [1.807, 2.05) is 6.07 Å². The monoisotopic (exact) mass is 293 g/mol. The number of likely N-dealkylation sites (tertiary alicyclic amines) is 1. The maximum atomic E-state index is 10.5. The number of carbonyl (C=O) groups is 1. The van der Waals surface area contributed by atoms with Crippen LogP contribution in [0.15, 0.2) is 18.2 Å². The minimum atomic E-state index is -0.890. The number of rotatable bonds is 6. The molecule has 0 aromatic carbocycles. The van der Waals surface area contributed by atoms with Gasteiger partial charge in [0.1, 0.15) is 0 Å². The quantitative estimate of drug-likeness (QED) is 0.806. The van der Waals surface area contributed by atoms with Gasteiger partial charge in [0, 0.05) is 28.4 Å². The van der Waals surface area contributed by atoms with Crippen molar-refractivity contribution in [3.63, 3.8) is 0 Å². The average Bonchev–Trinajstić information content (AvgIpc) is 2.87. The minimum absolute atomic E-state index is 0.730. The largest absolute Gasteiger partial charge is 0.478 e. The van der Waals surface area contributed by atoms with Crippen molar-refractivity contribution in [1.29, 1.82) is 0 Å². The number of nitrogens with zero attached hydrogens (tertiary/aromatic N) is 1. The first-order valence-corrected chi connectivity index (χ1v) is 8.24. The van der Waals surface area contributed by atoms with Crippen molar-refractivity contribution < 1.29 is 9.90 Å². The van der Waals surface area contributed by atoms with Crippen LogP contribution in [0.25, 0.3) is 6.08 Å². The number of carboxylic acids is 1. The molecule has 1 aliphatic rings. The van der Waals surface area contributed by atoms with E-state index >= 15 is 0 Å². The van der Waals surface area contributed by atoms with Gasteiger partial charge in [-0.1, -0.05) is 19.8 Å². The second-order valence-corrected chi connectivity index (χ2v) is 6.58. The van der Waals surface area contributed by atoms with E-state index < -0.39 is 5.97 Å². The van der Waals surface area contributed by atoms with Crippen LogP contribution in [0.2, 0.25) is 0 Å². The summed E-state index contributed by atoms with van der Waals surface area (Å²) in [7, 11) is 0. The predicted octanol–water partition coefficient (Wildman–Crippen LogP) is 4.00. The molecule has 0 spiro atoms. The van der Waals surface area contributed by atoms with E-state index in [1.165, 1.54) is 49.6 Å². The summed E-state index contributed by atoms with van der Waals surface area (Å²) < 4.78 is 0. The van der Waals surface area contributed by atoms with Gasteiger partial charge in [-0.2, -0.15) is 0 Å². The summed E-state index contributed by atoms with van der Waals surface area (Å²) in [5.41, 5.74) is 0. The Kier molecular flexibility index (Phi) is 5.80. The van der Waals surface area contributed by atoms with Crippen LogP contribution >= 0.6 is 11.3 Å². The van der Waals surface area contributed by atoms with Crippen LogP contribution in [0.5, 0.6) is 0 Å². The Labute approximate surface area is 124 Å². The molecule has 1 atom stereocenters. The van der Waals surface area contributed by atoms with Crippen LogP contribution < -0.4 is 0 Å². The summed E-state index contributed by atoms with van der Waals surface area (Å²) in [5.74, 6) is -0.890. The summed E-state index contributed by atoms with van der Waals surface area (Å²) in [5, 5.41) is 8.65. The second-order valence-electron chi connectivity index (χ2n) is 5.38. The minimum Gasteiger partial charge on any atom is -0.478 e. The van der Waals surface area contributed by atoms with Crippen molar-refractivity contribution in [1.82, 2.24) is 4.90 Å². The van der Waals surface area contributed by atoms with Crippen LogP contribution in [-0.4, -0.2) is 28.6 Å². The Morgan fingerprint density at radius 1 is 1.50 bits per heavy atom. The van der Waals surface area contributed by atoms with E-state index in [4.69, 9.17) is 5.11 Å². The number of carboxylic acid groups (broad SMARTS) is 1. The third kappa shape index (κ3) is 4.46. The molecule has 1 aromatic heterocycles. The Balaban J connectivity index is 1.96. The molecule has 2 heterocycles. The average molecular weight is 293 g/mol. The number of piperidine rings is 1. The Hall–Kier alpha value is -1.13.